The highest BCUT2D eigenvalue weighted by molar-refractivity contribution is 6.08. The predicted octanol–water partition coefficient (Wildman–Crippen LogP) is 4.84. The Morgan fingerprint density at radius 1 is 0.680 bits per heavy atom. The topological polar surface area (TPSA) is 46.2 Å². The van der Waals surface area contributed by atoms with Crippen LogP contribution in [0, 0.1) is 0 Å². The first-order valence-corrected chi connectivity index (χ1v) is 7.97. The Kier molecular flexibility index (Phi) is 5.17. The lowest BCUT2D eigenvalue weighted by Crippen LogP contribution is -2.12. The predicted molar refractivity (Wildman–Crippen MR) is 101 cm³/mol. The van der Waals surface area contributed by atoms with Crippen LogP contribution in [-0.2, 0) is 0 Å². The molecule has 0 aliphatic heterocycles. The fraction of sp³-hybridized carbons (Fsp3) is 0. The standard InChI is InChI=1S/C22H17NO2/c24-21(18-10-3-1-4-11-18)16-15-17-9-7-8-14-20(17)23-22(25)19-12-5-2-6-13-19/h1-16H,(H,23,25)/b16-15+. The van der Waals surface area contributed by atoms with Crippen molar-refractivity contribution in [3.63, 3.8) is 0 Å². The lowest BCUT2D eigenvalue weighted by molar-refractivity contribution is 0.102. The zero-order valence-electron chi connectivity index (χ0n) is 13.6. The minimum atomic E-state index is -0.184. The van der Waals surface area contributed by atoms with Crippen LogP contribution in [0.3, 0.4) is 0 Å². The molecule has 0 aliphatic rings. The Bertz CT molecular complexity index is 900. The van der Waals surface area contributed by atoms with Gasteiger partial charge in [-0.3, -0.25) is 9.59 Å². The van der Waals surface area contributed by atoms with E-state index in [1.807, 2.05) is 60.7 Å². The van der Waals surface area contributed by atoms with Crippen molar-refractivity contribution in [3.05, 3.63) is 108 Å². The highest BCUT2D eigenvalue weighted by atomic mass is 16.1. The molecule has 0 aliphatic carbocycles. The molecule has 0 saturated carbocycles. The van der Waals surface area contributed by atoms with Gasteiger partial charge in [0.1, 0.15) is 0 Å². The number of carbonyl (C=O) groups excluding carboxylic acids is 2. The van der Waals surface area contributed by atoms with Gasteiger partial charge >= 0.3 is 0 Å². The number of ketones is 1. The van der Waals surface area contributed by atoms with Crippen LogP contribution < -0.4 is 5.32 Å². The molecule has 1 N–H and O–H groups in total. The third-order valence-corrected chi connectivity index (χ3v) is 3.72. The molecule has 0 atom stereocenters. The average molecular weight is 327 g/mol. The molecule has 3 rings (SSSR count). The first-order valence-electron chi connectivity index (χ1n) is 7.97. The van der Waals surface area contributed by atoms with E-state index in [1.165, 1.54) is 6.08 Å². The third-order valence-electron chi connectivity index (χ3n) is 3.72. The number of hydrogen-bond donors (Lipinski definition) is 1. The third kappa shape index (κ3) is 4.30. The van der Waals surface area contributed by atoms with Gasteiger partial charge in [-0.05, 0) is 35.9 Å². The minimum Gasteiger partial charge on any atom is -0.321 e. The zero-order chi connectivity index (χ0) is 17.5. The molecule has 0 bridgehead atoms. The summed E-state index contributed by atoms with van der Waals surface area (Å²) < 4.78 is 0. The number of anilines is 1. The average Bonchev–Trinajstić information content (AvgIpc) is 2.68. The van der Waals surface area contributed by atoms with E-state index < -0.39 is 0 Å². The van der Waals surface area contributed by atoms with E-state index in [2.05, 4.69) is 5.32 Å². The number of para-hydroxylation sites is 1. The molecule has 0 aromatic heterocycles. The molecule has 1 amide bonds. The van der Waals surface area contributed by atoms with Crippen molar-refractivity contribution in [2.45, 2.75) is 0 Å². The summed E-state index contributed by atoms with van der Waals surface area (Å²) in [5, 5.41) is 2.89. The van der Waals surface area contributed by atoms with Crippen LogP contribution >= 0.6 is 0 Å². The van der Waals surface area contributed by atoms with Crippen molar-refractivity contribution in [3.8, 4) is 0 Å². The number of nitrogens with one attached hydrogen (secondary N) is 1. The van der Waals surface area contributed by atoms with Gasteiger partial charge in [0.25, 0.3) is 5.91 Å². The summed E-state index contributed by atoms with van der Waals surface area (Å²) in [5.74, 6) is -0.263. The van der Waals surface area contributed by atoms with Crippen molar-refractivity contribution in [1.29, 1.82) is 0 Å². The van der Waals surface area contributed by atoms with E-state index in [0.29, 0.717) is 16.8 Å². The smallest absolute Gasteiger partial charge is 0.255 e. The number of allylic oxidation sites excluding steroid dienone is 1. The van der Waals surface area contributed by atoms with Gasteiger partial charge in [-0.2, -0.15) is 0 Å². The fourth-order valence-corrected chi connectivity index (χ4v) is 2.40. The zero-order valence-corrected chi connectivity index (χ0v) is 13.6. The van der Waals surface area contributed by atoms with Crippen LogP contribution in [0.25, 0.3) is 6.08 Å². The SMILES string of the molecule is O=C(/C=C/c1ccccc1NC(=O)c1ccccc1)c1ccccc1. The first kappa shape index (κ1) is 16.4. The van der Waals surface area contributed by atoms with E-state index in [4.69, 9.17) is 0 Å². The molecule has 0 fully saturated rings. The van der Waals surface area contributed by atoms with Crippen molar-refractivity contribution in [1.82, 2.24) is 0 Å². The van der Waals surface area contributed by atoms with Crippen LogP contribution in [0.4, 0.5) is 5.69 Å². The molecule has 3 aromatic carbocycles. The van der Waals surface area contributed by atoms with Gasteiger partial charge in [0.15, 0.2) is 5.78 Å². The fourth-order valence-electron chi connectivity index (χ4n) is 2.40. The Labute approximate surface area is 146 Å². The lowest BCUT2D eigenvalue weighted by atomic mass is 10.1. The Hall–Kier alpha value is -3.46. The Morgan fingerprint density at radius 3 is 1.92 bits per heavy atom. The molecule has 122 valence electrons. The highest BCUT2D eigenvalue weighted by Crippen LogP contribution is 2.18. The van der Waals surface area contributed by atoms with Crippen molar-refractivity contribution in [2.75, 3.05) is 5.32 Å². The maximum atomic E-state index is 12.3. The monoisotopic (exact) mass is 327 g/mol. The normalized spacial score (nSPS) is 10.6. The van der Waals surface area contributed by atoms with E-state index in [1.54, 1.807) is 30.3 Å². The Balaban J connectivity index is 1.78. The number of rotatable bonds is 5. The highest BCUT2D eigenvalue weighted by Gasteiger charge is 2.07. The summed E-state index contributed by atoms with van der Waals surface area (Å²) in [6.07, 6.45) is 3.23. The second kappa shape index (κ2) is 7.88. The van der Waals surface area contributed by atoms with Gasteiger partial charge in [-0.25, -0.2) is 0 Å². The molecule has 0 unspecified atom stereocenters. The van der Waals surface area contributed by atoms with Crippen molar-refractivity contribution in [2.24, 2.45) is 0 Å². The van der Waals surface area contributed by atoms with Crippen LogP contribution in [0.2, 0.25) is 0 Å². The second-order valence-electron chi connectivity index (χ2n) is 5.47. The lowest BCUT2D eigenvalue weighted by Gasteiger charge is -2.08. The molecular formula is C22H17NO2. The summed E-state index contributed by atoms with van der Waals surface area (Å²) in [4.78, 5) is 24.5. The molecule has 0 saturated heterocycles. The van der Waals surface area contributed by atoms with E-state index in [-0.39, 0.29) is 11.7 Å². The van der Waals surface area contributed by atoms with Gasteiger partial charge in [-0.1, -0.05) is 66.7 Å². The number of hydrogen-bond acceptors (Lipinski definition) is 2. The molecule has 3 aromatic rings. The maximum Gasteiger partial charge on any atom is 0.255 e. The first-order chi connectivity index (χ1) is 12.2. The largest absolute Gasteiger partial charge is 0.321 e. The van der Waals surface area contributed by atoms with Crippen LogP contribution in [0.5, 0.6) is 0 Å². The summed E-state index contributed by atoms with van der Waals surface area (Å²) in [5.41, 5.74) is 2.65. The van der Waals surface area contributed by atoms with Crippen molar-refractivity contribution >= 4 is 23.5 Å². The molecule has 3 nitrogen and oxygen atoms in total. The second-order valence-corrected chi connectivity index (χ2v) is 5.47. The minimum absolute atomic E-state index is 0.0789. The number of carbonyl (C=O) groups is 2. The molecule has 0 radical (unpaired) electrons. The van der Waals surface area contributed by atoms with Gasteiger partial charge in [-0.15, -0.1) is 0 Å². The van der Waals surface area contributed by atoms with Gasteiger partial charge in [0, 0.05) is 16.8 Å². The molecule has 3 heteroatoms. The van der Waals surface area contributed by atoms with Crippen LogP contribution in [-0.4, -0.2) is 11.7 Å². The summed E-state index contributed by atoms with van der Waals surface area (Å²) in [6.45, 7) is 0. The summed E-state index contributed by atoms with van der Waals surface area (Å²) in [7, 11) is 0. The number of amides is 1. The van der Waals surface area contributed by atoms with Crippen LogP contribution in [0.1, 0.15) is 26.3 Å². The molecular weight excluding hydrogens is 310 g/mol. The van der Waals surface area contributed by atoms with E-state index >= 15 is 0 Å². The van der Waals surface area contributed by atoms with Gasteiger partial charge in [0.05, 0.1) is 0 Å². The summed E-state index contributed by atoms with van der Waals surface area (Å²) >= 11 is 0. The maximum absolute atomic E-state index is 12.3. The molecule has 0 spiro atoms. The molecule has 25 heavy (non-hydrogen) atoms. The van der Waals surface area contributed by atoms with Crippen molar-refractivity contribution < 1.29 is 9.59 Å². The molecule has 0 heterocycles. The van der Waals surface area contributed by atoms with Gasteiger partial charge in [0.2, 0.25) is 0 Å². The Morgan fingerprint density at radius 2 is 1.24 bits per heavy atom. The summed E-state index contributed by atoms with van der Waals surface area (Å²) in [6, 6.07) is 25.5. The van der Waals surface area contributed by atoms with E-state index in [9.17, 15) is 9.59 Å². The quantitative estimate of drug-likeness (QED) is 0.538. The number of benzene rings is 3. The van der Waals surface area contributed by atoms with Gasteiger partial charge < -0.3 is 5.32 Å². The van der Waals surface area contributed by atoms with Crippen LogP contribution in [0.15, 0.2) is 91.0 Å². The van der Waals surface area contributed by atoms with E-state index in [0.717, 1.165) is 5.56 Å².